The van der Waals surface area contributed by atoms with Crippen molar-refractivity contribution in [1.82, 2.24) is 4.90 Å². The molecule has 3 N–H and O–H groups in total. The van der Waals surface area contributed by atoms with E-state index in [4.69, 9.17) is 15.2 Å². The number of halogens is 3. The number of carbonyl (C=O) groups is 2. The van der Waals surface area contributed by atoms with Crippen molar-refractivity contribution < 1.29 is 41.4 Å². The summed E-state index contributed by atoms with van der Waals surface area (Å²) in [5, 5.41) is 25.3. The number of carboxylic acids is 2. The van der Waals surface area contributed by atoms with Crippen molar-refractivity contribution in [2.45, 2.75) is 37.8 Å². The Bertz CT molecular complexity index is 1320. The highest BCUT2D eigenvalue weighted by molar-refractivity contribution is 7.92. The van der Waals surface area contributed by atoms with Crippen molar-refractivity contribution in [3.8, 4) is 6.07 Å². The van der Waals surface area contributed by atoms with Gasteiger partial charge in [0, 0.05) is 39.1 Å². The van der Waals surface area contributed by atoms with Gasteiger partial charge in [0.2, 0.25) is 0 Å². The average molecular weight is 585 g/mol. The van der Waals surface area contributed by atoms with Gasteiger partial charge in [0.15, 0.2) is 0 Å². The Morgan fingerprint density at radius 1 is 1.05 bits per heavy atom. The summed E-state index contributed by atoms with van der Waals surface area (Å²) in [5.74, 6) is -3.42. The lowest BCUT2D eigenvalue weighted by molar-refractivity contribution is -0.192. The second-order valence-electron chi connectivity index (χ2n) is 9.42. The fourth-order valence-electron chi connectivity index (χ4n) is 3.93. The van der Waals surface area contributed by atoms with Gasteiger partial charge in [-0.05, 0) is 48.2 Å². The first-order chi connectivity index (χ1) is 18.6. The van der Waals surface area contributed by atoms with E-state index in [1.165, 1.54) is 12.1 Å². The van der Waals surface area contributed by atoms with E-state index in [2.05, 4.69) is 29.5 Å². The summed E-state index contributed by atoms with van der Waals surface area (Å²) in [6.45, 7) is 7.69. The molecule has 0 aliphatic carbocycles. The Balaban J connectivity index is 0.000000708. The Morgan fingerprint density at radius 2 is 1.62 bits per heavy atom. The van der Waals surface area contributed by atoms with Crippen molar-refractivity contribution >= 4 is 33.3 Å². The molecule has 0 bridgehead atoms. The van der Waals surface area contributed by atoms with Crippen LogP contribution in [0.1, 0.15) is 36.2 Å². The van der Waals surface area contributed by atoms with Gasteiger partial charge in [-0.1, -0.05) is 26.0 Å². The third-order valence-electron chi connectivity index (χ3n) is 5.86. The van der Waals surface area contributed by atoms with Gasteiger partial charge in [-0.3, -0.25) is 9.62 Å². The van der Waals surface area contributed by atoms with Crippen LogP contribution in [0.25, 0.3) is 0 Å². The third-order valence-corrected chi connectivity index (χ3v) is 7.24. The van der Waals surface area contributed by atoms with Crippen LogP contribution in [0.15, 0.2) is 47.4 Å². The highest BCUT2D eigenvalue weighted by atomic mass is 32.2. The molecule has 10 nitrogen and oxygen atoms in total. The van der Waals surface area contributed by atoms with Gasteiger partial charge in [0.25, 0.3) is 10.0 Å². The van der Waals surface area contributed by atoms with Crippen molar-refractivity contribution in [3.05, 3.63) is 53.6 Å². The number of rotatable bonds is 9. The summed E-state index contributed by atoms with van der Waals surface area (Å²) in [6, 6.07) is 13.4. The number of aromatic carboxylic acids is 1. The van der Waals surface area contributed by atoms with Crippen LogP contribution in [0.3, 0.4) is 0 Å². The van der Waals surface area contributed by atoms with Gasteiger partial charge in [0.1, 0.15) is 0 Å². The molecule has 40 heavy (non-hydrogen) atoms. The predicted octanol–water partition coefficient (Wildman–Crippen LogP) is 4.05. The second-order valence-corrected chi connectivity index (χ2v) is 11.1. The van der Waals surface area contributed by atoms with E-state index in [0.29, 0.717) is 37.7 Å². The molecular weight excluding hydrogens is 553 g/mol. The van der Waals surface area contributed by atoms with Crippen molar-refractivity contribution in [2.75, 3.05) is 42.3 Å². The molecule has 1 heterocycles. The fourth-order valence-corrected chi connectivity index (χ4v) is 4.99. The zero-order valence-electron chi connectivity index (χ0n) is 22.0. The number of anilines is 2. The first kappa shape index (κ1) is 32.4. The Kier molecular flexibility index (Phi) is 11.3. The van der Waals surface area contributed by atoms with E-state index in [9.17, 15) is 31.5 Å². The Morgan fingerprint density at radius 3 is 2.10 bits per heavy atom. The number of benzene rings is 2. The molecule has 0 spiro atoms. The lowest BCUT2D eigenvalue weighted by Crippen LogP contribution is -2.46. The van der Waals surface area contributed by atoms with Crippen LogP contribution in [-0.4, -0.2) is 74.4 Å². The maximum atomic E-state index is 13.1. The highest BCUT2D eigenvalue weighted by Gasteiger charge is 2.38. The number of nitrogens with one attached hydrogen (secondary N) is 1. The van der Waals surface area contributed by atoms with Crippen LogP contribution < -0.4 is 9.62 Å². The first-order valence-electron chi connectivity index (χ1n) is 12.3. The summed E-state index contributed by atoms with van der Waals surface area (Å²) in [4.78, 5) is 24.8. The minimum Gasteiger partial charge on any atom is -0.478 e. The number of hydrogen-bond acceptors (Lipinski definition) is 7. The molecule has 1 saturated heterocycles. The molecule has 0 amide bonds. The number of nitrogens with zero attached hydrogens (tertiary/aromatic N) is 3. The van der Waals surface area contributed by atoms with Crippen molar-refractivity contribution in [2.24, 2.45) is 5.92 Å². The SMILES string of the molecule is CC(C)Cc1ccc(S(=O)(=O)Nc2cc(C(=O)O)ccc2N2CCN(CCC#N)CC2)cc1.O=C(O)C(F)(F)F. The fraction of sp³-hybridized carbons (Fsp3) is 0.423. The van der Waals surface area contributed by atoms with Crippen LogP contribution in [0.4, 0.5) is 24.5 Å². The van der Waals surface area contributed by atoms with E-state index in [-0.39, 0.29) is 16.1 Å². The number of aliphatic carboxylic acids is 1. The first-order valence-corrected chi connectivity index (χ1v) is 13.8. The van der Waals surface area contributed by atoms with E-state index in [1.54, 1.807) is 18.2 Å². The van der Waals surface area contributed by atoms with E-state index in [0.717, 1.165) is 25.1 Å². The van der Waals surface area contributed by atoms with Crippen LogP contribution in [-0.2, 0) is 21.2 Å². The van der Waals surface area contributed by atoms with Crippen LogP contribution in [0.2, 0.25) is 0 Å². The Labute approximate surface area is 230 Å². The molecule has 1 aliphatic heterocycles. The number of alkyl halides is 3. The number of hydrogen-bond donors (Lipinski definition) is 3. The normalized spacial score (nSPS) is 14.2. The average Bonchev–Trinajstić information content (AvgIpc) is 2.87. The zero-order valence-corrected chi connectivity index (χ0v) is 22.8. The lowest BCUT2D eigenvalue weighted by Gasteiger charge is -2.36. The predicted molar refractivity (Wildman–Crippen MR) is 142 cm³/mol. The summed E-state index contributed by atoms with van der Waals surface area (Å²) < 4.78 is 60.6. The second kappa shape index (κ2) is 14.0. The zero-order chi connectivity index (χ0) is 30.1. The van der Waals surface area contributed by atoms with E-state index in [1.807, 2.05) is 17.0 Å². The molecule has 1 aliphatic rings. The highest BCUT2D eigenvalue weighted by Crippen LogP contribution is 2.31. The minimum absolute atomic E-state index is 0.0105. The molecule has 3 rings (SSSR count). The van der Waals surface area contributed by atoms with Crippen molar-refractivity contribution in [1.29, 1.82) is 5.26 Å². The lowest BCUT2D eigenvalue weighted by atomic mass is 10.0. The molecule has 14 heteroatoms. The van der Waals surface area contributed by atoms with Gasteiger partial charge in [-0.2, -0.15) is 18.4 Å². The van der Waals surface area contributed by atoms with E-state index < -0.39 is 28.1 Å². The van der Waals surface area contributed by atoms with Crippen molar-refractivity contribution in [3.63, 3.8) is 0 Å². The molecule has 218 valence electrons. The van der Waals surface area contributed by atoms with Gasteiger partial charge in [-0.25, -0.2) is 18.0 Å². The molecule has 2 aromatic rings. The topological polar surface area (TPSA) is 151 Å². The maximum Gasteiger partial charge on any atom is 0.490 e. The molecule has 2 aromatic carbocycles. The van der Waals surface area contributed by atoms with Crippen LogP contribution in [0.5, 0.6) is 0 Å². The molecule has 0 saturated carbocycles. The summed E-state index contributed by atoms with van der Waals surface area (Å²) in [7, 11) is -3.90. The van der Waals surface area contributed by atoms with Gasteiger partial charge in [-0.15, -0.1) is 0 Å². The third kappa shape index (κ3) is 9.73. The molecule has 0 radical (unpaired) electrons. The van der Waals surface area contributed by atoms with Crippen LogP contribution >= 0.6 is 0 Å². The minimum atomic E-state index is -5.08. The molecule has 1 fully saturated rings. The summed E-state index contributed by atoms with van der Waals surface area (Å²) >= 11 is 0. The molecule has 0 aromatic heterocycles. The molecule has 0 unspecified atom stereocenters. The standard InChI is InChI=1S/C24H30N4O4S.C2HF3O2/c1-18(2)16-19-4-7-21(8-5-19)33(31,32)26-22-17-20(24(29)30)6-9-23(22)28-14-12-27(13-15-28)11-3-10-25;3-2(4,5)1(6)7/h4-9,17-18,26H,3,11-16H2,1-2H3,(H,29,30);(H,6,7). The van der Waals surface area contributed by atoms with E-state index >= 15 is 0 Å². The smallest absolute Gasteiger partial charge is 0.478 e. The van der Waals surface area contributed by atoms with Gasteiger partial charge >= 0.3 is 18.1 Å². The number of carboxylic acid groups (broad SMARTS) is 2. The summed E-state index contributed by atoms with van der Waals surface area (Å²) in [6.07, 6.45) is -3.76. The number of piperazine rings is 1. The maximum absolute atomic E-state index is 13.1. The monoisotopic (exact) mass is 584 g/mol. The van der Waals surface area contributed by atoms with Gasteiger partial charge < -0.3 is 15.1 Å². The molecular formula is C26H31F3N4O6S. The van der Waals surface area contributed by atoms with Crippen LogP contribution in [0, 0.1) is 17.2 Å². The number of nitriles is 1. The summed E-state index contributed by atoms with van der Waals surface area (Å²) in [5.41, 5.74) is 1.95. The number of sulfonamides is 1. The molecule has 0 atom stereocenters. The largest absolute Gasteiger partial charge is 0.490 e. The Hall–Kier alpha value is -3.83. The quantitative estimate of drug-likeness (QED) is 0.396. The van der Waals surface area contributed by atoms with Gasteiger partial charge in [0.05, 0.1) is 27.9 Å².